The molecule has 4 nitrogen and oxygen atoms in total. The van der Waals surface area contributed by atoms with Crippen molar-refractivity contribution in [1.29, 1.82) is 5.41 Å². The van der Waals surface area contributed by atoms with Crippen molar-refractivity contribution in [2.75, 3.05) is 6.61 Å². The molecular weight excluding hydrogens is 273 g/mol. The summed E-state index contributed by atoms with van der Waals surface area (Å²) in [5, 5.41) is 7.39. The highest BCUT2D eigenvalue weighted by molar-refractivity contribution is 5.82. The van der Waals surface area contributed by atoms with Crippen LogP contribution in [0.25, 0.3) is 0 Å². The Labute approximate surface area is 115 Å². The molecule has 0 bridgehead atoms. The van der Waals surface area contributed by atoms with E-state index in [2.05, 4.69) is 4.74 Å². The minimum atomic E-state index is -4.77. The molecule has 0 aromatic heterocycles. The van der Waals surface area contributed by atoms with Crippen molar-refractivity contribution in [3.8, 4) is 11.5 Å². The van der Waals surface area contributed by atoms with Gasteiger partial charge in [0, 0.05) is 5.41 Å². The van der Waals surface area contributed by atoms with E-state index >= 15 is 0 Å². The average molecular weight is 290 g/mol. The van der Waals surface area contributed by atoms with Crippen molar-refractivity contribution in [1.82, 2.24) is 0 Å². The molecule has 0 heterocycles. The highest BCUT2D eigenvalue weighted by Crippen LogP contribution is 2.32. The van der Waals surface area contributed by atoms with Crippen LogP contribution >= 0.6 is 0 Å². The second kappa shape index (κ2) is 6.02. The molecule has 0 aliphatic rings. The van der Waals surface area contributed by atoms with Gasteiger partial charge in [0.05, 0.1) is 12.4 Å². The zero-order chi connectivity index (χ0) is 15.4. The largest absolute Gasteiger partial charge is 0.573 e. The summed E-state index contributed by atoms with van der Waals surface area (Å²) in [6.07, 6.45) is -4.36. The van der Waals surface area contributed by atoms with Crippen LogP contribution in [-0.4, -0.2) is 18.8 Å². The number of nitrogens with two attached hydrogens (primary N) is 1. The maximum Gasteiger partial charge on any atom is 0.573 e. The molecule has 112 valence electrons. The standard InChI is InChI=1S/C13H17F3N2O2/c1-12(2,11(17)18)7-8-19-9-5-3-4-6-10(9)20-13(14,15)16/h3-6H,7-8H2,1-2H3,(H3,17,18). The molecule has 0 amide bonds. The fraction of sp³-hybridized carbons (Fsp3) is 0.462. The van der Waals surface area contributed by atoms with Gasteiger partial charge < -0.3 is 15.2 Å². The van der Waals surface area contributed by atoms with E-state index in [0.29, 0.717) is 6.42 Å². The lowest BCUT2D eigenvalue weighted by Gasteiger charge is -2.23. The molecule has 1 rings (SSSR count). The third-order valence-electron chi connectivity index (χ3n) is 2.79. The highest BCUT2D eigenvalue weighted by Gasteiger charge is 2.32. The molecule has 0 atom stereocenters. The van der Waals surface area contributed by atoms with Crippen LogP contribution in [0.5, 0.6) is 11.5 Å². The quantitative estimate of drug-likeness (QED) is 0.624. The van der Waals surface area contributed by atoms with Crippen LogP contribution in [0.1, 0.15) is 20.3 Å². The Morgan fingerprint density at radius 3 is 2.25 bits per heavy atom. The van der Waals surface area contributed by atoms with Crippen molar-refractivity contribution in [2.24, 2.45) is 11.1 Å². The zero-order valence-corrected chi connectivity index (χ0v) is 11.3. The van der Waals surface area contributed by atoms with E-state index in [0.717, 1.165) is 0 Å². The highest BCUT2D eigenvalue weighted by atomic mass is 19.4. The number of benzene rings is 1. The number of para-hydroxylation sites is 2. The van der Waals surface area contributed by atoms with E-state index in [4.69, 9.17) is 15.9 Å². The van der Waals surface area contributed by atoms with E-state index in [1.807, 2.05) is 0 Å². The van der Waals surface area contributed by atoms with E-state index < -0.39 is 11.8 Å². The molecule has 0 fully saturated rings. The molecule has 0 unspecified atom stereocenters. The second-order valence-corrected chi connectivity index (χ2v) is 4.89. The van der Waals surface area contributed by atoms with E-state index in [1.165, 1.54) is 18.2 Å². The number of halogens is 3. The first-order chi connectivity index (χ1) is 9.12. The van der Waals surface area contributed by atoms with Gasteiger partial charge in [0.25, 0.3) is 0 Å². The fourth-order valence-corrected chi connectivity index (χ4v) is 1.33. The summed E-state index contributed by atoms with van der Waals surface area (Å²) in [6, 6.07) is 5.54. The summed E-state index contributed by atoms with van der Waals surface area (Å²) in [4.78, 5) is 0. The van der Waals surface area contributed by atoms with Crippen LogP contribution in [0.4, 0.5) is 13.2 Å². The van der Waals surface area contributed by atoms with Gasteiger partial charge in [-0.3, -0.25) is 5.41 Å². The van der Waals surface area contributed by atoms with Crippen molar-refractivity contribution >= 4 is 5.84 Å². The summed E-state index contributed by atoms with van der Waals surface area (Å²) < 4.78 is 45.8. The van der Waals surface area contributed by atoms with Crippen LogP contribution in [0.2, 0.25) is 0 Å². The number of hydrogen-bond acceptors (Lipinski definition) is 3. The number of amidine groups is 1. The second-order valence-electron chi connectivity index (χ2n) is 4.89. The Hall–Kier alpha value is -1.92. The number of hydrogen-bond donors (Lipinski definition) is 2. The van der Waals surface area contributed by atoms with Gasteiger partial charge in [0.2, 0.25) is 0 Å². The molecule has 0 spiro atoms. The van der Waals surface area contributed by atoms with E-state index in [9.17, 15) is 13.2 Å². The van der Waals surface area contributed by atoms with Gasteiger partial charge in [-0.05, 0) is 18.6 Å². The summed E-state index contributed by atoms with van der Waals surface area (Å²) in [5.74, 6) is -0.384. The van der Waals surface area contributed by atoms with Crippen molar-refractivity contribution in [3.63, 3.8) is 0 Å². The molecule has 0 aliphatic carbocycles. The van der Waals surface area contributed by atoms with Crippen molar-refractivity contribution < 1.29 is 22.6 Å². The maximum atomic E-state index is 12.2. The predicted molar refractivity (Wildman–Crippen MR) is 68.9 cm³/mol. The number of ether oxygens (including phenoxy) is 2. The van der Waals surface area contributed by atoms with Crippen LogP contribution in [0, 0.1) is 10.8 Å². The number of nitrogens with one attached hydrogen (secondary N) is 1. The number of alkyl halides is 3. The van der Waals surface area contributed by atoms with Crippen LogP contribution in [0.15, 0.2) is 24.3 Å². The van der Waals surface area contributed by atoms with Gasteiger partial charge in [-0.2, -0.15) is 0 Å². The first-order valence-electron chi connectivity index (χ1n) is 5.94. The zero-order valence-electron chi connectivity index (χ0n) is 11.3. The first-order valence-corrected chi connectivity index (χ1v) is 5.94. The molecule has 1 aromatic carbocycles. The number of rotatable bonds is 6. The molecule has 0 saturated heterocycles. The third kappa shape index (κ3) is 4.99. The lowest BCUT2D eigenvalue weighted by Crippen LogP contribution is -2.32. The minimum Gasteiger partial charge on any atom is -0.490 e. The molecule has 0 radical (unpaired) electrons. The van der Waals surface area contributed by atoms with Crippen LogP contribution < -0.4 is 15.2 Å². The lowest BCUT2D eigenvalue weighted by atomic mass is 9.88. The third-order valence-corrected chi connectivity index (χ3v) is 2.79. The van der Waals surface area contributed by atoms with Gasteiger partial charge in [0.1, 0.15) is 0 Å². The van der Waals surface area contributed by atoms with Gasteiger partial charge in [-0.25, -0.2) is 0 Å². The Morgan fingerprint density at radius 2 is 1.75 bits per heavy atom. The van der Waals surface area contributed by atoms with Crippen LogP contribution in [0.3, 0.4) is 0 Å². The first kappa shape index (κ1) is 16.1. The van der Waals surface area contributed by atoms with Crippen molar-refractivity contribution in [3.05, 3.63) is 24.3 Å². The molecule has 0 aliphatic heterocycles. The van der Waals surface area contributed by atoms with Crippen LogP contribution in [-0.2, 0) is 0 Å². The maximum absolute atomic E-state index is 12.2. The molecule has 7 heteroatoms. The molecule has 1 aromatic rings. The van der Waals surface area contributed by atoms with Gasteiger partial charge in [-0.1, -0.05) is 26.0 Å². The molecule has 0 saturated carbocycles. The lowest BCUT2D eigenvalue weighted by molar-refractivity contribution is -0.275. The Kier molecular flexibility index (Phi) is 4.86. The normalized spacial score (nSPS) is 12.1. The monoisotopic (exact) mass is 290 g/mol. The summed E-state index contributed by atoms with van der Waals surface area (Å²) >= 11 is 0. The van der Waals surface area contributed by atoms with Gasteiger partial charge in [-0.15, -0.1) is 13.2 Å². The summed E-state index contributed by atoms with van der Waals surface area (Å²) in [5.41, 5.74) is 4.85. The summed E-state index contributed by atoms with van der Waals surface area (Å²) in [6.45, 7) is 3.65. The minimum absolute atomic E-state index is 0.000858. The van der Waals surface area contributed by atoms with E-state index in [-0.39, 0.29) is 23.9 Å². The Morgan fingerprint density at radius 1 is 1.20 bits per heavy atom. The predicted octanol–water partition coefficient (Wildman–Crippen LogP) is 3.32. The SMILES string of the molecule is CC(C)(CCOc1ccccc1OC(F)(F)F)C(=N)N. The summed E-state index contributed by atoms with van der Waals surface area (Å²) in [7, 11) is 0. The molecular formula is C13H17F3N2O2. The van der Waals surface area contributed by atoms with Crippen molar-refractivity contribution in [2.45, 2.75) is 26.6 Å². The smallest absolute Gasteiger partial charge is 0.490 e. The Balaban J connectivity index is 2.67. The Bertz CT molecular complexity index is 473. The van der Waals surface area contributed by atoms with Gasteiger partial charge >= 0.3 is 6.36 Å². The topological polar surface area (TPSA) is 68.3 Å². The fourth-order valence-electron chi connectivity index (χ4n) is 1.33. The molecule has 3 N–H and O–H groups in total. The molecule has 20 heavy (non-hydrogen) atoms. The van der Waals surface area contributed by atoms with Gasteiger partial charge in [0.15, 0.2) is 11.5 Å². The van der Waals surface area contributed by atoms with E-state index in [1.54, 1.807) is 19.9 Å². The average Bonchev–Trinajstić information content (AvgIpc) is 2.29.